The van der Waals surface area contributed by atoms with Crippen molar-refractivity contribution >= 4 is 17.2 Å². The molecule has 1 unspecified atom stereocenters. The van der Waals surface area contributed by atoms with E-state index in [1.54, 1.807) is 17.5 Å². The molecule has 0 saturated carbocycles. The third kappa shape index (κ3) is 4.15. The Hall–Kier alpha value is -1.72. The molecular formula is C15H19N3OS. The third-order valence-corrected chi connectivity index (χ3v) is 3.84. The molecule has 0 spiro atoms. The van der Waals surface area contributed by atoms with E-state index in [4.69, 9.17) is 5.73 Å². The lowest BCUT2D eigenvalue weighted by Crippen LogP contribution is -2.27. The third-order valence-electron chi connectivity index (χ3n) is 3.21. The number of aromatic nitrogens is 1. The van der Waals surface area contributed by atoms with Gasteiger partial charge in [0.2, 0.25) is 5.91 Å². The second-order valence-corrected chi connectivity index (χ2v) is 5.50. The number of nitrogens with two attached hydrogens (primary N) is 1. The van der Waals surface area contributed by atoms with Gasteiger partial charge in [-0.1, -0.05) is 30.3 Å². The fourth-order valence-corrected chi connectivity index (χ4v) is 2.53. The molecule has 1 atom stereocenters. The zero-order valence-electron chi connectivity index (χ0n) is 11.5. The summed E-state index contributed by atoms with van der Waals surface area (Å²) in [6.45, 7) is 0.558. The van der Waals surface area contributed by atoms with E-state index in [0.29, 0.717) is 19.4 Å². The maximum atomic E-state index is 12.1. The Morgan fingerprint density at radius 1 is 1.40 bits per heavy atom. The predicted molar refractivity (Wildman–Crippen MR) is 81.2 cm³/mol. The smallest absolute Gasteiger partial charge is 0.222 e. The normalized spacial score (nSPS) is 12.1. The van der Waals surface area contributed by atoms with Gasteiger partial charge in [-0.2, -0.15) is 0 Å². The van der Waals surface area contributed by atoms with Crippen LogP contribution in [0.5, 0.6) is 0 Å². The predicted octanol–water partition coefficient (Wildman–Crippen LogP) is 2.58. The van der Waals surface area contributed by atoms with Crippen molar-refractivity contribution in [2.24, 2.45) is 5.73 Å². The molecule has 106 valence electrons. The summed E-state index contributed by atoms with van der Waals surface area (Å²) >= 11 is 1.54. The first-order valence-corrected chi connectivity index (χ1v) is 7.52. The summed E-state index contributed by atoms with van der Waals surface area (Å²) in [5, 5.41) is 1.96. The van der Waals surface area contributed by atoms with E-state index < -0.39 is 0 Å². The molecule has 2 rings (SSSR count). The van der Waals surface area contributed by atoms with Crippen LogP contribution in [-0.2, 0) is 11.3 Å². The fourth-order valence-electron chi connectivity index (χ4n) is 1.98. The molecule has 0 radical (unpaired) electrons. The monoisotopic (exact) mass is 289 g/mol. The SMILES string of the molecule is CN(Cc1cscn1)C(=O)CCC(N)c1ccccc1. The van der Waals surface area contributed by atoms with E-state index in [2.05, 4.69) is 4.98 Å². The number of amides is 1. The van der Waals surface area contributed by atoms with Crippen molar-refractivity contribution in [1.82, 2.24) is 9.88 Å². The van der Waals surface area contributed by atoms with Gasteiger partial charge in [0, 0.05) is 24.9 Å². The van der Waals surface area contributed by atoms with Crippen LogP contribution >= 0.6 is 11.3 Å². The molecular weight excluding hydrogens is 270 g/mol. The second-order valence-electron chi connectivity index (χ2n) is 4.79. The molecule has 0 aliphatic heterocycles. The quantitative estimate of drug-likeness (QED) is 0.889. The summed E-state index contributed by atoms with van der Waals surface area (Å²) in [5.41, 5.74) is 9.88. The molecule has 1 amide bonds. The van der Waals surface area contributed by atoms with Crippen molar-refractivity contribution in [3.63, 3.8) is 0 Å². The number of carbonyl (C=O) groups is 1. The van der Waals surface area contributed by atoms with Gasteiger partial charge in [-0.25, -0.2) is 4.98 Å². The Balaban J connectivity index is 1.80. The molecule has 0 saturated heterocycles. The van der Waals surface area contributed by atoms with Crippen LogP contribution in [-0.4, -0.2) is 22.8 Å². The van der Waals surface area contributed by atoms with Crippen LogP contribution in [0.3, 0.4) is 0 Å². The fraction of sp³-hybridized carbons (Fsp3) is 0.333. The molecule has 5 heteroatoms. The Morgan fingerprint density at radius 2 is 2.15 bits per heavy atom. The van der Waals surface area contributed by atoms with Crippen molar-refractivity contribution in [2.45, 2.75) is 25.4 Å². The summed E-state index contributed by atoms with van der Waals surface area (Å²) in [6, 6.07) is 9.79. The van der Waals surface area contributed by atoms with Gasteiger partial charge in [-0.3, -0.25) is 4.79 Å². The molecule has 1 aromatic heterocycles. The van der Waals surface area contributed by atoms with Crippen molar-refractivity contribution in [1.29, 1.82) is 0 Å². The van der Waals surface area contributed by atoms with Crippen LogP contribution in [0.4, 0.5) is 0 Å². The van der Waals surface area contributed by atoms with E-state index in [9.17, 15) is 4.79 Å². The Morgan fingerprint density at radius 3 is 2.80 bits per heavy atom. The Kier molecular flexibility index (Phi) is 5.26. The lowest BCUT2D eigenvalue weighted by molar-refractivity contribution is -0.130. The molecule has 1 aromatic carbocycles. The van der Waals surface area contributed by atoms with Gasteiger partial charge in [-0.05, 0) is 12.0 Å². The van der Waals surface area contributed by atoms with Crippen molar-refractivity contribution in [3.05, 3.63) is 52.5 Å². The van der Waals surface area contributed by atoms with Gasteiger partial charge in [0.15, 0.2) is 0 Å². The molecule has 0 aliphatic rings. The number of thiazole rings is 1. The minimum atomic E-state index is -0.0900. The topological polar surface area (TPSA) is 59.2 Å². The second kappa shape index (κ2) is 7.17. The minimum absolute atomic E-state index is 0.0900. The maximum absolute atomic E-state index is 12.1. The number of carbonyl (C=O) groups excluding carboxylic acids is 1. The van der Waals surface area contributed by atoms with Gasteiger partial charge in [0.1, 0.15) is 0 Å². The van der Waals surface area contributed by atoms with Crippen LogP contribution in [0.15, 0.2) is 41.2 Å². The molecule has 2 N–H and O–H groups in total. The number of nitrogens with zero attached hydrogens (tertiary/aromatic N) is 2. The van der Waals surface area contributed by atoms with Crippen LogP contribution in [0, 0.1) is 0 Å². The summed E-state index contributed by atoms with van der Waals surface area (Å²) in [5.74, 6) is 0.101. The van der Waals surface area contributed by atoms with Gasteiger partial charge in [-0.15, -0.1) is 11.3 Å². The highest BCUT2D eigenvalue weighted by molar-refractivity contribution is 7.07. The van der Waals surface area contributed by atoms with E-state index in [0.717, 1.165) is 11.3 Å². The molecule has 20 heavy (non-hydrogen) atoms. The van der Waals surface area contributed by atoms with Gasteiger partial charge in [0.05, 0.1) is 17.7 Å². The van der Waals surface area contributed by atoms with Crippen LogP contribution in [0.25, 0.3) is 0 Å². The number of hydrogen-bond donors (Lipinski definition) is 1. The first kappa shape index (κ1) is 14.7. The largest absolute Gasteiger partial charge is 0.340 e. The first-order chi connectivity index (χ1) is 9.66. The lowest BCUT2D eigenvalue weighted by Gasteiger charge is -2.17. The molecule has 0 bridgehead atoms. The molecule has 4 nitrogen and oxygen atoms in total. The van der Waals surface area contributed by atoms with E-state index >= 15 is 0 Å². The van der Waals surface area contributed by atoms with E-state index in [-0.39, 0.29) is 11.9 Å². The van der Waals surface area contributed by atoms with Gasteiger partial charge >= 0.3 is 0 Å². The van der Waals surface area contributed by atoms with E-state index in [1.165, 1.54) is 11.3 Å². The Labute approximate surface area is 123 Å². The molecule has 2 aromatic rings. The van der Waals surface area contributed by atoms with Gasteiger partial charge in [0.25, 0.3) is 0 Å². The highest BCUT2D eigenvalue weighted by atomic mass is 32.1. The lowest BCUT2D eigenvalue weighted by atomic mass is 10.0. The van der Waals surface area contributed by atoms with Crippen molar-refractivity contribution in [2.75, 3.05) is 7.05 Å². The zero-order chi connectivity index (χ0) is 14.4. The maximum Gasteiger partial charge on any atom is 0.222 e. The number of hydrogen-bond acceptors (Lipinski definition) is 4. The summed E-state index contributed by atoms with van der Waals surface area (Å²) < 4.78 is 0. The molecule has 0 aliphatic carbocycles. The van der Waals surface area contributed by atoms with Crippen molar-refractivity contribution in [3.8, 4) is 0 Å². The number of benzene rings is 1. The molecule has 1 heterocycles. The summed E-state index contributed by atoms with van der Waals surface area (Å²) in [7, 11) is 1.80. The van der Waals surface area contributed by atoms with Gasteiger partial charge < -0.3 is 10.6 Å². The van der Waals surface area contributed by atoms with Crippen LogP contribution in [0.1, 0.15) is 30.1 Å². The van der Waals surface area contributed by atoms with E-state index in [1.807, 2.05) is 35.7 Å². The average molecular weight is 289 g/mol. The average Bonchev–Trinajstić information content (AvgIpc) is 2.98. The number of rotatable bonds is 6. The highest BCUT2D eigenvalue weighted by Crippen LogP contribution is 2.16. The van der Waals surface area contributed by atoms with Crippen LogP contribution in [0.2, 0.25) is 0 Å². The van der Waals surface area contributed by atoms with Crippen LogP contribution < -0.4 is 5.73 Å². The van der Waals surface area contributed by atoms with Crippen molar-refractivity contribution < 1.29 is 4.79 Å². The zero-order valence-corrected chi connectivity index (χ0v) is 12.3. The summed E-state index contributed by atoms with van der Waals surface area (Å²) in [6.07, 6.45) is 1.11. The molecule has 0 fully saturated rings. The Bertz CT molecular complexity index is 527. The minimum Gasteiger partial charge on any atom is -0.340 e. The highest BCUT2D eigenvalue weighted by Gasteiger charge is 2.13. The standard InChI is InChI=1S/C15H19N3OS/c1-18(9-13-10-20-11-17-13)15(19)8-7-14(16)12-5-3-2-4-6-12/h2-6,10-11,14H,7-9,16H2,1H3. The first-order valence-electron chi connectivity index (χ1n) is 6.58. The summed E-state index contributed by atoms with van der Waals surface area (Å²) in [4.78, 5) is 17.9.